The number of ether oxygens (including phenoxy) is 1. The number of para-hydroxylation sites is 1. The molecule has 1 unspecified atom stereocenters. The van der Waals surface area contributed by atoms with Crippen LogP contribution in [0, 0.1) is 0 Å². The van der Waals surface area contributed by atoms with Crippen molar-refractivity contribution < 1.29 is 9.53 Å². The Hall–Kier alpha value is -1.46. The van der Waals surface area contributed by atoms with Gasteiger partial charge < -0.3 is 10.1 Å². The Morgan fingerprint density at radius 1 is 1.59 bits per heavy atom. The lowest BCUT2D eigenvalue weighted by atomic mass is 10.3. The Labute approximate surface area is 104 Å². The van der Waals surface area contributed by atoms with Gasteiger partial charge in [-0.1, -0.05) is 30.5 Å². The summed E-state index contributed by atoms with van der Waals surface area (Å²) in [6.07, 6.45) is 1.17. The van der Waals surface area contributed by atoms with Crippen LogP contribution in [0.5, 0.6) is 0 Å². The van der Waals surface area contributed by atoms with Crippen molar-refractivity contribution >= 4 is 23.4 Å². The average Bonchev–Trinajstić information content (AvgIpc) is 2.76. The third-order valence-corrected chi connectivity index (χ3v) is 3.39. The van der Waals surface area contributed by atoms with Crippen LogP contribution in [0.1, 0.15) is 0 Å². The third kappa shape index (κ3) is 3.25. The Morgan fingerprint density at radius 3 is 3.18 bits per heavy atom. The lowest BCUT2D eigenvalue weighted by molar-refractivity contribution is -0.137. The van der Waals surface area contributed by atoms with Crippen LogP contribution < -0.4 is 10.6 Å². The molecule has 1 aliphatic rings. The first-order valence-corrected chi connectivity index (χ1v) is 6.22. The summed E-state index contributed by atoms with van der Waals surface area (Å²) < 4.78 is 4.87. The molecule has 1 aromatic rings. The van der Waals surface area contributed by atoms with E-state index in [-0.39, 0.29) is 11.5 Å². The predicted molar refractivity (Wildman–Crippen MR) is 68.9 cm³/mol. The molecule has 0 aliphatic carbocycles. The fourth-order valence-electron chi connectivity index (χ4n) is 1.48. The molecule has 1 aliphatic heterocycles. The first-order valence-electron chi connectivity index (χ1n) is 5.34. The highest BCUT2D eigenvalue weighted by molar-refractivity contribution is 8.00. The minimum absolute atomic E-state index is 0.134. The Morgan fingerprint density at radius 2 is 2.41 bits per heavy atom. The van der Waals surface area contributed by atoms with Crippen LogP contribution in [0.25, 0.3) is 0 Å². The topological polar surface area (TPSA) is 50.4 Å². The zero-order valence-electron chi connectivity index (χ0n) is 9.31. The van der Waals surface area contributed by atoms with Crippen LogP contribution in [0.2, 0.25) is 0 Å². The van der Waals surface area contributed by atoms with Crippen LogP contribution in [0.15, 0.2) is 41.8 Å². The monoisotopic (exact) mass is 250 g/mol. The van der Waals surface area contributed by atoms with Gasteiger partial charge in [0, 0.05) is 23.2 Å². The molecule has 0 saturated heterocycles. The van der Waals surface area contributed by atoms with E-state index in [0.717, 1.165) is 5.69 Å². The number of anilines is 1. The predicted octanol–water partition coefficient (Wildman–Crippen LogP) is 1.81. The molecule has 90 valence electrons. The molecule has 2 rings (SSSR count). The zero-order valence-corrected chi connectivity index (χ0v) is 10.1. The Bertz CT molecular complexity index is 398. The molecule has 0 fully saturated rings. The number of hydrogen-bond acceptors (Lipinski definition) is 5. The molecule has 0 radical (unpaired) electrons. The Balaban J connectivity index is 1.70. The molecular weight excluding hydrogens is 236 g/mol. The van der Waals surface area contributed by atoms with Gasteiger partial charge in [-0.2, -0.15) is 0 Å². The zero-order chi connectivity index (χ0) is 12.1. The number of esters is 1. The molecule has 0 amide bonds. The van der Waals surface area contributed by atoms with Crippen molar-refractivity contribution in [1.29, 1.82) is 0 Å². The van der Waals surface area contributed by atoms with Gasteiger partial charge in [-0.05, 0) is 12.1 Å². The number of fused-ring (bicyclic) bond motifs is 1. The van der Waals surface area contributed by atoms with Crippen LogP contribution >= 0.6 is 11.8 Å². The van der Waals surface area contributed by atoms with Crippen molar-refractivity contribution in [2.45, 2.75) is 10.4 Å². The van der Waals surface area contributed by atoms with Crippen molar-refractivity contribution in [3.63, 3.8) is 0 Å². The van der Waals surface area contributed by atoms with Crippen molar-refractivity contribution in [2.24, 2.45) is 0 Å². The third-order valence-electron chi connectivity index (χ3n) is 2.26. The molecule has 4 nitrogen and oxygen atoms in total. The molecule has 1 heterocycles. The molecule has 0 aromatic heterocycles. The van der Waals surface area contributed by atoms with Gasteiger partial charge in [0.25, 0.3) is 0 Å². The lowest BCUT2D eigenvalue weighted by Gasteiger charge is -2.12. The number of carbonyl (C=O) groups excluding carboxylic acids is 1. The molecule has 5 heteroatoms. The maximum atomic E-state index is 10.8. The minimum Gasteiger partial charge on any atom is -0.461 e. The fraction of sp³-hybridized carbons (Fsp3) is 0.250. The second kappa shape index (κ2) is 5.75. The molecule has 0 bridgehead atoms. The smallest absolute Gasteiger partial charge is 0.330 e. The molecule has 2 N–H and O–H groups in total. The quantitative estimate of drug-likeness (QED) is 0.474. The van der Waals surface area contributed by atoms with Crippen molar-refractivity contribution in [2.75, 3.05) is 18.5 Å². The molecule has 1 atom stereocenters. The van der Waals surface area contributed by atoms with Gasteiger partial charge in [-0.15, -0.1) is 0 Å². The average molecular weight is 250 g/mol. The summed E-state index contributed by atoms with van der Waals surface area (Å²) in [6.45, 7) is 4.29. The standard InChI is InChI=1S/C12H14N2O2S/c1-2-11(15)16-8-7-13-12-14-9-5-3-4-6-10(9)17-12/h2-6,12-14H,1,7-8H2. The summed E-state index contributed by atoms with van der Waals surface area (Å²) in [5.41, 5.74) is 1.27. The number of nitrogens with one attached hydrogen (secondary N) is 2. The number of hydrogen-bond donors (Lipinski definition) is 2. The second-order valence-corrected chi connectivity index (χ2v) is 4.61. The largest absolute Gasteiger partial charge is 0.461 e. The minimum atomic E-state index is -0.387. The van der Waals surface area contributed by atoms with Crippen LogP contribution in [-0.2, 0) is 9.53 Å². The highest BCUT2D eigenvalue weighted by Gasteiger charge is 2.19. The molecule has 0 saturated carbocycles. The highest BCUT2D eigenvalue weighted by atomic mass is 32.2. The van der Waals surface area contributed by atoms with Gasteiger partial charge in [0.1, 0.15) is 12.1 Å². The normalized spacial score (nSPS) is 17.1. The summed E-state index contributed by atoms with van der Waals surface area (Å²) in [5.74, 6) is -0.387. The van der Waals surface area contributed by atoms with Crippen molar-refractivity contribution in [3.8, 4) is 0 Å². The fourth-order valence-corrected chi connectivity index (χ4v) is 2.53. The molecular formula is C12H14N2O2S. The number of rotatable bonds is 5. The maximum absolute atomic E-state index is 10.8. The van der Waals surface area contributed by atoms with Crippen LogP contribution in [-0.4, -0.2) is 24.6 Å². The first kappa shape index (κ1) is 12.0. The van der Waals surface area contributed by atoms with E-state index in [1.54, 1.807) is 11.8 Å². The van der Waals surface area contributed by atoms with Gasteiger partial charge in [-0.3, -0.25) is 5.32 Å². The number of thioether (sulfide) groups is 1. The summed E-state index contributed by atoms with van der Waals surface area (Å²) in [7, 11) is 0. The van der Waals surface area contributed by atoms with Crippen molar-refractivity contribution in [1.82, 2.24) is 5.32 Å². The molecule has 1 aromatic carbocycles. The van der Waals surface area contributed by atoms with E-state index < -0.39 is 0 Å². The van der Waals surface area contributed by atoms with Crippen LogP contribution in [0.4, 0.5) is 5.69 Å². The van der Waals surface area contributed by atoms with E-state index in [1.807, 2.05) is 18.2 Å². The van der Waals surface area contributed by atoms with Gasteiger partial charge >= 0.3 is 5.97 Å². The molecule has 17 heavy (non-hydrogen) atoms. The first-order chi connectivity index (χ1) is 8.29. The van der Waals surface area contributed by atoms with E-state index in [9.17, 15) is 4.79 Å². The van der Waals surface area contributed by atoms with Crippen LogP contribution in [0.3, 0.4) is 0 Å². The van der Waals surface area contributed by atoms with Gasteiger partial charge in [0.2, 0.25) is 0 Å². The van der Waals surface area contributed by atoms with Gasteiger partial charge in [0.15, 0.2) is 0 Å². The highest BCUT2D eigenvalue weighted by Crippen LogP contribution is 2.36. The van der Waals surface area contributed by atoms with Crippen molar-refractivity contribution in [3.05, 3.63) is 36.9 Å². The van der Waals surface area contributed by atoms with E-state index in [2.05, 4.69) is 23.3 Å². The van der Waals surface area contributed by atoms with E-state index >= 15 is 0 Å². The summed E-state index contributed by atoms with van der Waals surface area (Å²) in [4.78, 5) is 12.0. The second-order valence-electron chi connectivity index (χ2n) is 3.46. The molecule has 0 spiro atoms. The SMILES string of the molecule is C=CC(=O)OCCNC1Nc2ccccc2S1. The van der Waals surface area contributed by atoms with E-state index in [0.29, 0.717) is 13.2 Å². The summed E-state index contributed by atoms with van der Waals surface area (Å²) in [6, 6.07) is 8.14. The van der Waals surface area contributed by atoms with E-state index in [1.165, 1.54) is 11.0 Å². The number of carbonyl (C=O) groups is 1. The Kier molecular flexibility index (Phi) is 4.06. The number of benzene rings is 1. The lowest BCUT2D eigenvalue weighted by Crippen LogP contribution is -2.33. The van der Waals surface area contributed by atoms with Gasteiger partial charge in [0.05, 0.1) is 0 Å². The van der Waals surface area contributed by atoms with E-state index in [4.69, 9.17) is 4.74 Å². The summed E-state index contributed by atoms with van der Waals surface area (Å²) in [5, 5.41) is 6.58. The van der Waals surface area contributed by atoms with Gasteiger partial charge in [-0.25, -0.2) is 4.79 Å². The maximum Gasteiger partial charge on any atom is 0.330 e. The summed E-state index contributed by atoms with van der Waals surface area (Å²) >= 11 is 1.72.